The van der Waals surface area contributed by atoms with Crippen LogP contribution >= 0.6 is 0 Å². The van der Waals surface area contributed by atoms with Crippen LogP contribution in [-0.2, 0) is 50.1 Å². The van der Waals surface area contributed by atoms with Crippen LogP contribution in [0.15, 0.2) is 132 Å². The molecule has 2 aromatic carbocycles. The first-order valence-electron chi connectivity index (χ1n) is 51.8. The van der Waals surface area contributed by atoms with Crippen LogP contribution in [-0.4, -0.2) is 123 Å². The zero-order valence-corrected chi connectivity index (χ0v) is 97.3. The first kappa shape index (κ1) is 140. The highest BCUT2D eigenvalue weighted by Crippen LogP contribution is 2.30. The van der Waals surface area contributed by atoms with Crippen molar-refractivity contribution in [2.75, 3.05) is 17.3 Å². The molecule has 0 saturated carbocycles. The van der Waals surface area contributed by atoms with Gasteiger partial charge in [0.1, 0.15) is 0 Å². The van der Waals surface area contributed by atoms with Crippen LogP contribution in [0.1, 0.15) is 415 Å². The third-order valence-corrected chi connectivity index (χ3v) is 25.1. The van der Waals surface area contributed by atoms with E-state index in [9.17, 15) is 45.9 Å². The van der Waals surface area contributed by atoms with Gasteiger partial charge in [-0.3, -0.25) is 38.8 Å². The van der Waals surface area contributed by atoms with E-state index < -0.39 is 19.7 Å². The minimum absolute atomic E-state index is 0.00347. The summed E-state index contributed by atoms with van der Waals surface area (Å²) in [5.74, 6) is 11.5. The van der Waals surface area contributed by atoms with E-state index >= 15 is 0 Å². The number of nitrogens with one attached hydrogen (secondary N) is 1. The van der Waals surface area contributed by atoms with E-state index in [0.717, 1.165) is 77.5 Å². The number of imide groups is 2. The Hall–Kier alpha value is -7.47. The molecule has 788 valence electrons. The van der Waals surface area contributed by atoms with Crippen molar-refractivity contribution in [2.45, 2.75) is 423 Å². The smallest absolute Gasteiger partial charge is 0.257 e. The Morgan fingerprint density at radius 3 is 1.31 bits per heavy atom. The summed E-state index contributed by atoms with van der Waals surface area (Å²) < 4.78 is 50.8. The molecule has 2 aliphatic rings. The number of aryl methyl sites for hydroxylation is 1. The van der Waals surface area contributed by atoms with Gasteiger partial charge in [-0.25, -0.2) is 16.8 Å². The molecule has 0 radical (unpaired) electrons. The minimum atomic E-state index is -2.79. The van der Waals surface area contributed by atoms with Crippen LogP contribution in [0.5, 0.6) is 0 Å². The molecule has 6 rings (SSSR count). The molecule has 20 heteroatoms. The van der Waals surface area contributed by atoms with Gasteiger partial charge in [-0.05, 0) is 254 Å². The van der Waals surface area contributed by atoms with Crippen molar-refractivity contribution in [1.29, 1.82) is 5.26 Å². The average molecular weight is 1950 g/mol. The lowest BCUT2D eigenvalue weighted by molar-refractivity contribution is -0.142. The van der Waals surface area contributed by atoms with E-state index in [2.05, 4.69) is 245 Å². The van der Waals surface area contributed by atoms with Gasteiger partial charge in [0.05, 0.1) is 34.7 Å². The highest BCUT2D eigenvalue weighted by atomic mass is 32.2. The Labute approximate surface area is 843 Å². The van der Waals surface area contributed by atoms with Gasteiger partial charge in [0.25, 0.3) is 11.8 Å². The van der Waals surface area contributed by atoms with E-state index in [0.29, 0.717) is 101 Å². The maximum Gasteiger partial charge on any atom is 0.257 e. The van der Waals surface area contributed by atoms with E-state index in [4.69, 9.17) is 9.68 Å². The molecule has 5 amide bonds. The summed E-state index contributed by atoms with van der Waals surface area (Å²) in [4.78, 5) is 64.3. The first-order chi connectivity index (χ1) is 63.0. The number of amides is 5. The molecule has 2 unspecified atom stereocenters. The molecule has 2 atom stereocenters. The lowest BCUT2D eigenvalue weighted by atomic mass is 9.93. The molecule has 4 aromatic rings. The summed E-state index contributed by atoms with van der Waals surface area (Å²) in [5.41, 5.74) is 8.72. The largest absolute Gasteiger partial charge is 0.420 e. The Kier molecular flexibility index (Phi) is 79.0. The average Bonchev–Trinajstić information content (AvgIpc) is 1.68. The fourth-order valence-electron chi connectivity index (χ4n) is 12.0. The van der Waals surface area contributed by atoms with Crippen molar-refractivity contribution < 1.29 is 50.3 Å². The molecule has 0 bridgehead atoms. The predicted molar refractivity (Wildman–Crippen MR) is 590 cm³/mol. The number of hydrogen-bond donors (Lipinski definition) is 2. The Bertz CT molecular complexity index is 4220. The van der Waals surface area contributed by atoms with Crippen LogP contribution in [0.3, 0.4) is 0 Å². The summed E-state index contributed by atoms with van der Waals surface area (Å²) >= 11 is 0. The third kappa shape index (κ3) is 75.1. The van der Waals surface area contributed by atoms with Gasteiger partial charge < -0.3 is 14.8 Å². The number of rotatable bonds is 36. The molecule has 2 aromatic heterocycles. The van der Waals surface area contributed by atoms with Crippen LogP contribution in [0, 0.1) is 106 Å². The molecule has 0 aliphatic carbocycles. The second kappa shape index (κ2) is 77.2. The summed E-state index contributed by atoms with van der Waals surface area (Å²) in [6.45, 7) is 96.8. The number of allylic oxidation sites excluding steroid dienone is 6. The zero-order chi connectivity index (χ0) is 108. The second-order valence-corrected chi connectivity index (χ2v) is 49.5. The van der Waals surface area contributed by atoms with Crippen LogP contribution in [0.4, 0.5) is 0 Å². The molecule has 137 heavy (non-hydrogen) atoms. The second-order valence-electron chi connectivity index (χ2n) is 44.6. The lowest BCUT2D eigenvalue weighted by Gasteiger charge is -2.19. The van der Waals surface area contributed by atoms with E-state index in [1.807, 2.05) is 183 Å². The van der Waals surface area contributed by atoms with Gasteiger partial charge in [0.15, 0.2) is 19.7 Å². The van der Waals surface area contributed by atoms with Crippen molar-refractivity contribution in [3.63, 3.8) is 0 Å². The van der Waals surface area contributed by atoms with E-state index in [1.165, 1.54) is 58.4 Å². The molecular formula is C117H207N7O11S2. The van der Waals surface area contributed by atoms with Gasteiger partial charge in [-0.15, -0.1) is 10.2 Å². The topological polar surface area (TPSA) is 268 Å². The van der Waals surface area contributed by atoms with E-state index in [1.54, 1.807) is 19.9 Å². The number of carbonyl (C=O) groups is 5. The monoisotopic (exact) mass is 1950 g/mol. The first-order valence-corrected chi connectivity index (χ1v) is 55.4. The SMILES string of the molecule is C=C(CC(=O)NC(C)C)C(C)C.CC(C)C.CC(C)C(=CC#N)c1ccc(C(C)C)cc1.CC(C)C1=CC(=O)N(C(C)C)C1=O.CC(C)C1CC(=O)N(C(C)C)C1=O.CC(C)C=CCC(C)C.CC(C)CC(O)C(C)C.CC(C)CC=CCC(C)C.CC(C)CCS(=O)(=O)C(C)C.CC(C)CCS(=O)(=O)CC(C)C.CC(C)CCc1ccccn1.CC(C)c1ccc(-c2nnc(C(C)C)o2)cc1. The number of aliphatic hydroxyl groups excluding tert-OH is 1. The molecule has 0 spiro atoms. The van der Waals surface area contributed by atoms with Crippen molar-refractivity contribution >= 4 is 54.8 Å². The number of benzene rings is 2. The van der Waals surface area contributed by atoms with Gasteiger partial charge >= 0.3 is 0 Å². The quantitative estimate of drug-likeness (QED) is 0.0243. The molecule has 1 saturated heterocycles. The molecule has 1 fully saturated rings. The normalized spacial score (nSPS) is 13.6. The Morgan fingerprint density at radius 2 is 1.01 bits per heavy atom. The summed E-state index contributed by atoms with van der Waals surface area (Å²) in [6, 6.07) is 25.2. The van der Waals surface area contributed by atoms with Crippen molar-refractivity contribution in [1.82, 2.24) is 30.3 Å². The maximum atomic E-state index is 11.7. The molecule has 2 aliphatic heterocycles. The van der Waals surface area contributed by atoms with Crippen molar-refractivity contribution in [3.8, 4) is 17.5 Å². The number of nitrogens with zero attached hydrogens (tertiary/aromatic N) is 6. The summed E-state index contributed by atoms with van der Waals surface area (Å²) in [7, 11) is -5.57. The lowest BCUT2D eigenvalue weighted by Crippen LogP contribution is -2.37. The number of pyridine rings is 1. The molecule has 18 nitrogen and oxygen atoms in total. The number of nitriles is 1. The fourth-order valence-corrected chi connectivity index (χ4v) is 15.3. The number of sulfone groups is 2. The van der Waals surface area contributed by atoms with Gasteiger partial charge in [0.2, 0.25) is 29.5 Å². The number of carbonyl (C=O) groups excluding carboxylic acids is 5. The number of likely N-dealkylation sites (tertiary alicyclic amines) is 1. The van der Waals surface area contributed by atoms with Crippen molar-refractivity contribution in [3.05, 3.63) is 155 Å². The maximum absolute atomic E-state index is 11.7. The highest BCUT2D eigenvalue weighted by molar-refractivity contribution is 7.92. The molecular weight excluding hydrogens is 1740 g/mol. The summed E-state index contributed by atoms with van der Waals surface area (Å²) in [6.07, 6.45) is 23.3. The summed E-state index contributed by atoms with van der Waals surface area (Å²) in [5, 5.41) is 28.8. The number of hydrogen-bond acceptors (Lipinski definition) is 15. The fraction of sp³-hybridized carbons (Fsp3) is 0.701. The number of aliphatic hydroxyl groups is 1. The zero-order valence-electron chi connectivity index (χ0n) is 95.7. The van der Waals surface area contributed by atoms with Gasteiger partial charge in [-0.1, -0.05) is 335 Å². The van der Waals surface area contributed by atoms with Crippen molar-refractivity contribution in [2.24, 2.45) is 94.7 Å². The standard InChI is InChI=1S/C15H19N.C14H18N2O.C10H17NO2.C10H15NO2.C10H19NO.C10H15N.C10H20.C9H20O2S.C9H18.C8H18O2S.C8H18O.C4H10/c1-11(2)13-5-7-14(8-6-13)15(9-10-16)12(3)4;1-9(2)11-5-7-12(8-6-11)14-16-15-13(17-14)10(3)4;2*1-6(2)8-5-9(12)11(7(3)4)10(8)13;1-7(2)9(5)6-10(12)11-8(3)4;1-9(2)6-7-10-5-3-4-8-11-10;1-9(2)7-5-6-8-10(3)4;1-8(2)5-6-12(10,11)7-9(3)4;1-8(2)6-5-7-9(3)4;1-7(2)5-6-11(9,10)8(3)4;1-6(2)5-8(9)7(3)4;1-4(2)3/h5-9,11-12H,1-4H3;5-10H,1-4H3;6-8H,5H2,1-4H3;5-7H,1-4H3;7-8H,5-6H2,1-4H3,(H,11,12);3-5,8-9H,6-7H2,1-2H3;5-6,9-10H,7-8H2,1-4H3;8-9H,5-7H2,1-4H3;5-6,8-9H,7H2,1-4H3;7-8H,5-6H2,1-4H3;6-9H,5H2,1-4H3;4H,1-3H3. The van der Waals surface area contributed by atoms with Crippen LogP contribution in [0.2, 0.25) is 0 Å². The van der Waals surface area contributed by atoms with Crippen LogP contribution in [0.25, 0.3) is 17.0 Å². The number of aromatic nitrogens is 3. The molecule has 4 heterocycles. The Balaban J connectivity index is -0.000000345. The van der Waals surface area contributed by atoms with Crippen LogP contribution < -0.4 is 5.32 Å². The van der Waals surface area contributed by atoms with Gasteiger partial charge in [-0.2, -0.15) is 5.26 Å². The van der Waals surface area contributed by atoms with Gasteiger partial charge in [0, 0.05) is 78.0 Å². The predicted octanol–water partition coefficient (Wildman–Crippen LogP) is 30.5. The minimum Gasteiger partial charge on any atom is -0.420 e. The highest BCUT2D eigenvalue weighted by Gasteiger charge is 2.41. The third-order valence-electron chi connectivity index (χ3n) is 20.8. The molecule has 2 N–H and O–H groups in total. The Morgan fingerprint density at radius 1 is 0.547 bits per heavy atom. The van der Waals surface area contributed by atoms with E-state index in [-0.39, 0.29) is 88.6 Å².